The Balaban J connectivity index is 2.59. The molecule has 3 heteroatoms. The van der Waals surface area contributed by atoms with Gasteiger partial charge in [0.1, 0.15) is 5.75 Å². The van der Waals surface area contributed by atoms with E-state index < -0.39 is 0 Å². The molecule has 1 aromatic carbocycles. The predicted molar refractivity (Wildman–Crippen MR) is 77.1 cm³/mol. The van der Waals surface area contributed by atoms with Crippen LogP contribution in [-0.4, -0.2) is 19.2 Å². The summed E-state index contributed by atoms with van der Waals surface area (Å²) in [5.74, 6) is 0.956. The maximum absolute atomic E-state index is 5.95. The van der Waals surface area contributed by atoms with Crippen molar-refractivity contribution in [2.75, 3.05) is 13.7 Å². The minimum atomic E-state index is -0.111. The van der Waals surface area contributed by atoms with Crippen LogP contribution in [0.25, 0.3) is 0 Å². The van der Waals surface area contributed by atoms with Crippen LogP contribution in [-0.2, 0) is 6.54 Å². The normalized spacial score (nSPS) is 11.7. The fraction of sp³-hybridized carbons (Fsp3) is 0.600. The molecule has 0 amide bonds. The van der Waals surface area contributed by atoms with Gasteiger partial charge in [-0.05, 0) is 57.9 Å². The first-order chi connectivity index (χ1) is 8.33. The molecule has 1 aromatic rings. The predicted octanol–water partition coefficient (Wildman–Crippen LogP) is 2.53. The molecule has 0 aliphatic rings. The lowest BCUT2D eigenvalue weighted by Crippen LogP contribution is -2.35. The average Bonchev–Trinajstić information content (AvgIpc) is 2.27. The molecular formula is C15H26N2O. The van der Waals surface area contributed by atoms with Gasteiger partial charge in [-0.2, -0.15) is 0 Å². The van der Waals surface area contributed by atoms with Crippen molar-refractivity contribution < 1.29 is 4.74 Å². The average molecular weight is 250 g/mol. The highest BCUT2D eigenvalue weighted by Crippen LogP contribution is 2.22. The van der Waals surface area contributed by atoms with E-state index in [4.69, 9.17) is 10.5 Å². The maximum Gasteiger partial charge on any atom is 0.123 e. The summed E-state index contributed by atoms with van der Waals surface area (Å²) in [6.07, 6.45) is 0.958. The van der Waals surface area contributed by atoms with E-state index in [1.54, 1.807) is 7.11 Å². The zero-order chi connectivity index (χ0) is 13.8. The van der Waals surface area contributed by atoms with Gasteiger partial charge in [0.05, 0.1) is 7.11 Å². The number of hydrogen-bond acceptors (Lipinski definition) is 3. The number of benzene rings is 1. The molecule has 0 aromatic heterocycles. The minimum Gasteiger partial charge on any atom is -0.496 e. The van der Waals surface area contributed by atoms with Gasteiger partial charge in [0, 0.05) is 17.6 Å². The van der Waals surface area contributed by atoms with E-state index in [0.717, 1.165) is 25.3 Å². The molecule has 0 bridgehead atoms. The number of methoxy groups -OCH3 is 1. The zero-order valence-electron chi connectivity index (χ0n) is 12.3. The van der Waals surface area contributed by atoms with E-state index in [0.29, 0.717) is 0 Å². The summed E-state index contributed by atoms with van der Waals surface area (Å²) in [6.45, 7) is 10.1. The van der Waals surface area contributed by atoms with E-state index >= 15 is 0 Å². The van der Waals surface area contributed by atoms with Gasteiger partial charge in [-0.15, -0.1) is 0 Å². The summed E-state index contributed by atoms with van der Waals surface area (Å²) < 4.78 is 5.41. The van der Waals surface area contributed by atoms with Crippen molar-refractivity contribution in [3.8, 4) is 5.75 Å². The number of aryl methyl sites for hydroxylation is 2. The van der Waals surface area contributed by atoms with Gasteiger partial charge >= 0.3 is 0 Å². The summed E-state index contributed by atoms with van der Waals surface area (Å²) in [5.41, 5.74) is 9.60. The van der Waals surface area contributed by atoms with Crippen LogP contribution in [0.5, 0.6) is 5.75 Å². The molecule has 0 fully saturated rings. The van der Waals surface area contributed by atoms with Gasteiger partial charge in [0.25, 0.3) is 0 Å². The van der Waals surface area contributed by atoms with Gasteiger partial charge in [-0.1, -0.05) is 6.07 Å². The molecule has 18 heavy (non-hydrogen) atoms. The van der Waals surface area contributed by atoms with E-state index in [1.165, 1.54) is 16.7 Å². The first-order valence-electron chi connectivity index (χ1n) is 6.47. The van der Waals surface area contributed by atoms with Crippen molar-refractivity contribution in [2.45, 2.75) is 46.2 Å². The Kier molecular flexibility index (Phi) is 5.17. The molecular weight excluding hydrogens is 224 g/mol. The fourth-order valence-corrected chi connectivity index (χ4v) is 1.81. The quantitative estimate of drug-likeness (QED) is 0.763. The number of hydrogen-bond donors (Lipinski definition) is 2. The van der Waals surface area contributed by atoms with Crippen LogP contribution in [0.1, 0.15) is 37.0 Å². The number of nitrogens with two attached hydrogens (primary N) is 1. The summed E-state index contributed by atoms with van der Waals surface area (Å²) in [6, 6.07) is 4.29. The van der Waals surface area contributed by atoms with Crippen molar-refractivity contribution in [1.82, 2.24) is 5.32 Å². The van der Waals surface area contributed by atoms with Crippen LogP contribution >= 0.6 is 0 Å². The van der Waals surface area contributed by atoms with Crippen LogP contribution in [0.4, 0.5) is 0 Å². The third-order valence-corrected chi connectivity index (χ3v) is 3.16. The summed E-state index contributed by atoms with van der Waals surface area (Å²) in [5, 5.41) is 3.42. The monoisotopic (exact) mass is 250 g/mol. The first-order valence-corrected chi connectivity index (χ1v) is 6.47. The molecule has 0 unspecified atom stereocenters. The smallest absolute Gasteiger partial charge is 0.123 e. The van der Waals surface area contributed by atoms with E-state index in [-0.39, 0.29) is 5.54 Å². The van der Waals surface area contributed by atoms with Gasteiger partial charge < -0.3 is 15.8 Å². The van der Waals surface area contributed by atoms with Crippen LogP contribution in [0, 0.1) is 13.8 Å². The highest BCUT2D eigenvalue weighted by atomic mass is 16.5. The Morgan fingerprint density at radius 2 is 1.83 bits per heavy atom. The van der Waals surface area contributed by atoms with Crippen LogP contribution in [0.15, 0.2) is 12.1 Å². The molecule has 102 valence electrons. The minimum absolute atomic E-state index is 0.111. The van der Waals surface area contributed by atoms with Crippen molar-refractivity contribution >= 4 is 0 Å². The highest BCUT2D eigenvalue weighted by Gasteiger charge is 2.10. The second-order valence-corrected chi connectivity index (χ2v) is 5.66. The van der Waals surface area contributed by atoms with Crippen LogP contribution in [0.3, 0.4) is 0 Å². The van der Waals surface area contributed by atoms with Gasteiger partial charge in [0.15, 0.2) is 0 Å². The van der Waals surface area contributed by atoms with E-state index in [2.05, 4.69) is 31.3 Å². The maximum atomic E-state index is 5.95. The Hall–Kier alpha value is -1.06. The standard InChI is InChI=1S/C15H26N2O/c1-11-8-13(14(18-5)9-12(11)2)10-17-7-6-15(3,4)16/h8-9,17H,6-7,10,16H2,1-5H3. The molecule has 1 rings (SSSR count). The number of ether oxygens (including phenoxy) is 1. The van der Waals surface area contributed by atoms with Crippen LogP contribution in [0.2, 0.25) is 0 Å². The molecule has 0 saturated carbocycles. The van der Waals surface area contributed by atoms with Crippen molar-refractivity contribution in [3.63, 3.8) is 0 Å². The van der Waals surface area contributed by atoms with E-state index in [1.807, 2.05) is 13.8 Å². The van der Waals surface area contributed by atoms with Gasteiger partial charge in [0.2, 0.25) is 0 Å². The number of rotatable bonds is 6. The first kappa shape index (κ1) is 15.0. The summed E-state index contributed by atoms with van der Waals surface area (Å²) >= 11 is 0. The summed E-state index contributed by atoms with van der Waals surface area (Å²) in [4.78, 5) is 0. The molecule has 0 spiro atoms. The third kappa shape index (κ3) is 4.67. The Labute approximate surface area is 111 Å². The molecule has 0 heterocycles. The van der Waals surface area contributed by atoms with Gasteiger partial charge in [-0.25, -0.2) is 0 Å². The van der Waals surface area contributed by atoms with Crippen molar-refractivity contribution in [3.05, 3.63) is 28.8 Å². The molecule has 0 aliphatic heterocycles. The third-order valence-electron chi connectivity index (χ3n) is 3.16. The fourth-order valence-electron chi connectivity index (χ4n) is 1.81. The van der Waals surface area contributed by atoms with Crippen molar-refractivity contribution in [2.24, 2.45) is 5.73 Å². The second kappa shape index (κ2) is 6.21. The number of nitrogens with one attached hydrogen (secondary N) is 1. The molecule has 0 radical (unpaired) electrons. The van der Waals surface area contributed by atoms with Crippen LogP contribution < -0.4 is 15.8 Å². The Bertz CT molecular complexity index is 394. The summed E-state index contributed by atoms with van der Waals surface area (Å²) in [7, 11) is 1.72. The second-order valence-electron chi connectivity index (χ2n) is 5.66. The lowest BCUT2D eigenvalue weighted by Gasteiger charge is -2.19. The zero-order valence-corrected chi connectivity index (χ0v) is 12.3. The lowest BCUT2D eigenvalue weighted by molar-refractivity contribution is 0.405. The molecule has 3 nitrogen and oxygen atoms in total. The lowest BCUT2D eigenvalue weighted by atomic mass is 10.0. The van der Waals surface area contributed by atoms with E-state index in [9.17, 15) is 0 Å². The molecule has 0 aliphatic carbocycles. The largest absolute Gasteiger partial charge is 0.496 e. The Morgan fingerprint density at radius 3 is 2.39 bits per heavy atom. The topological polar surface area (TPSA) is 47.3 Å². The highest BCUT2D eigenvalue weighted by molar-refractivity contribution is 5.41. The van der Waals surface area contributed by atoms with Gasteiger partial charge in [-0.3, -0.25) is 0 Å². The molecule has 3 N–H and O–H groups in total. The SMILES string of the molecule is COc1cc(C)c(C)cc1CNCCC(C)(C)N. The Morgan fingerprint density at radius 1 is 1.22 bits per heavy atom. The molecule has 0 atom stereocenters. The molecule has 0 saturated heterocycles. The van der Waals surface area contributed by atoms with Crippen molar-refractivity contribution in [1.29, 1.82) is 0 Å².